The first kappa shape index (κ1) is 27.8. The van der Waals surface area contributed by atoms with Crippen LogP contribution in [0.4, 0.5) is 0 Å². The lowest BCUT2D eigenvalue weighted by Gasteiger charge is -2.41. The topological polar surface area (TPSA) is 42.5 Å². The Balaban J connectivity index is 1.49. The highest BCUT2D eigenvalue weighted by Crippen LogP contribution is 2.36. The lowest BCUT2D eigenvalue weighted by molar-refractivity contribution is -0.0231. The molecular weight excluding hydrogens is 444 g/mol. The number of hydrogen-bond acceptors (Lipinski definition) is 4. The number of ether oxygens (including phenoxy) is 2. The molecule has 2 saturated heterocycles. The van der Waals surface area contributed by atoms with Crippen molar-refractivity contribution in [2.75, 3.05) is 19.8 Å². The van der Waals surface area contributed by atoms with E-state index in [4.69, 9.17) is 9.47 Å². The number of hydrogen-bond donors (Lipinski definition) is 2. The van der Waals surface area contributed by atoms with E-state index in [2.05, 4.69) is 62.2 Å². The van der Waals surface area contributed by atoms with Gasteiger partial charge >= 0.3 is 0 Å². The molecule has 0 radical (unpaired) electrons. The molecular formula is C32H52N2O2. The molecule has 3 fully saturated rings. The highest BCUT2D eigenvalue weighted by molar-refractivity contribution is 5.29. The second kappa shape index (κ2) is 14.1. The maximum atomic E-state index is 6.57. The molecule has 36 heavy (non-hydrogen) atoms. The van der Waals surface area contributed by atoms with Crippen LogP contribution in [-0.4, -0.2) is 37.9 Å². The average molecular weight is 497 g/mol. The van der Waals surface area contributed by atoms with Crippen LogP contribution in [0.3, 0.4) is 0 Å². The van der Waals surface area contributed by atoms with Gasteiger partial charge in [0, 0.05) is 24.7 Å². The van der Waals surface area contributed by atoms with Crippen LogP contribution >= 0.6 is 0 Å². The molecule has 5 unspecified atom stereocenters. The SMILES string of the molecule is C=C(C)COC(C1CCCCC1)C1CCCC(c2cccc(C(OCC(C)C)C3CCCCN3)c2)N1. The van der Waals surface area contributed by atoms with Crippen molar-refractivity contribution in [3.8, 4) is 0 Å². The summed E-state index contributed by atoms with van der Waals surface area (Å²) in [6.45, 7) is 13.3. The average Bonchev–Trinajstić information content (AvgIpc) is 2.90. The van der Waals surface area contributed by atoms with E-state index in [0.29, 0.717) is 42.7 Å². The molecule has 1 aromatic carbocycles. The predicted octanol–water partition coefficient (Wildman–Crippen LogP) is 7.27. The van der Waals surface area contributed by atoms with Gasteiger partial charge in [-0.05, 0) is 81.4 Å². The van der Waals surface area contributed by atoms with Crippen LogP contribution in [0.15, 0.2) is 36.4 Å². The van der Waals surface area contributed by atoms with Crippen molar-refractivity contribution in [1.29, 1.82) is 0 Å². The fourth-order valence-corrected chi connectivity index (χ4v) is 6.60. The fourth-order valence-electron chi connectivity index (χ4n) is 6.60. The van der Waals surface area contributed by atoms with Gasteiger partial charge in [0.1, 0.15) is 0 Å². The second-order valence-electron chi connectivity index (χ2n) is 12.3. The van der Waals surface area contributed by atoms with Crippen LogP contribution in [0.1, 0.15) is 115 Å². The van der Waals surface area contributed by atoms with Crippen molar-refractivity contribution in [3.63, 3.8) is 0 Å². The zero-order chi connectivity index (χ0) is 25.3. The minimum absolute atomic E-state index is 0.126. The summed E-state index contributed by atoms with van der Waals surface area (Å²) in [7, 11) is 0. The Morgan fingerprint density at radius 2 is 1.72 bits per heavy atom. The highest BCUT2D eigenvalue weighted by atomic mass is 16.5. The van der Waals surface area contributed by atoms with Crippen LogP contribution in [0, 0.1) is 11.8 Å². The molecule has 4 heteroatoms. The van der Waals surface area contributed by atoms with E-state index in [0.717, 1.165) is 18.7 Å². The van der Waals surface area contributed by atoms with E-state index in [1.165, 1.54) is 81.8 Å². The van der Waals surface area contributed by atoms with E-state index in [-0.39, 0.29) is 6.10 Å². The summed E-state index contributed by atoms with van der Waals surface area (Å²) in [6.07, 6.45) is 14.5. The summed E-state index contributed by atoms with van der Waals surface area (Å²) in [5, 5.41) is 7.83. The standard InChI is InChI=1S/C32H52N2O2/c1-23(2)21-35-31(25-12-6-5-7-13-25)30-18-11-17-28(34-30)26-14-10-15-27(20-26)32(36-22-24(3)4)29-16-8-9-19-33-29/h10,14-15,20,24-25,28-34H,1,5-9,11-13,16-19,21-22H2,2-4H3. The van der Waals surface area contributed by atoms with Crippen molar-refractivity contribution in [1.82, 2.24) is 10.6 Å². The van der Waals surface area contributed by atoms with E-state index < -0.39 is 0 Å². The zero-order valence-electron chi connectivity index (χ0n) is 23.3. The molecule has 4 nitrogen and oxygen atoms in total. The lowest BCUT2D eigenvalue weighted by atomic mass is 9.79. The van der Waals surface area contributed by atoms with Gasteiger partial charge in [0.05, 0.1) is 18.8 Å². The van der Waals surface area contributed by atoms with E-state index in [1.54, 1.807) is 0 Å². The van der Waals surface area contributed by atoms with Gasteiger partial charge in [-0.1, -0.05) is 75.9 Å². The molecule has 1 saturated carbocycles. The molecule has 1 aromatic rings. The highest BCUT2D eigenvalue weighted by Gasteiger charge is 2.35. The molecule has 0 bridgehead atoms. The van der Waals surface area contributed by atoms with Gasteiger partial charge in [0.15, 0.2) is 0 Å². The summed E-state index contributed by atoms with van der Waals surface area (Å²) in [4.78, 5) is 0. The maximum Gasteiger partial charge on any atom is 0.0977 e. The molecule has 2 N–H and O–H groups in total. The van der Waals surface area contributed by atoms with Crippen LogP contribution in [-0.2, 0) is 9.47 Å². The Bertz CT molecular complexity index is 797. The van der Waals surface area contributed by atoms with Crippen LogP contribution in [0.5, 0.6) is 0 Å². The largest absolute Gasteiger partial charge is 0.372 e. The van der Waals surface area contributed by atoms with Gasteiger partial charge in [0.25, 0.3) is 0 Å². The second-order valence-corrected chi connectivity index (χ2v) is 12.3. The monoisotopic (exact) mass is 496 g/mol. The van der Waals surface area contributed by atoms with Crippen molar-refractivity contribution in [3.05, 3.63) is 47.5 Å². The van der Waals surface area contributed by atoms with Crippen molar-refractivity contribution in [2.45, 2.75) is 122 Å². The molecule has 5 atom stereocenters. The quantitative estimate of drug-likeness (QED) is 0.316. The molecule has 202 valence electrons. The predicted molar refractivity (Wildman–Crippen MR) is 150 cm³/mol. The number of benzene rings is 1. The first-order valence-corrected chi connectivity index (χ1v) is 15.0. The van der Waals surface area contributed by atoms with Gasteiger partial charge in [0.2, 0.25) is 0 Å². The number of piperidine rings is 2. The zero-order valence-corrected chi connectivity index (χ0v) is 23.3. The fraction of sp³-hybridized carbons (Fsp3) is 0.750. The van der Waals surface area contributed by atoms with Crippen LogP contribution in [0.25, 0.3) is 0 Å². The Labute approximate surface area is 221 Å². The van der Waals surface area contributed by atoms with Gasteiger partial charge in [-0.3, -0.25) is 0 Å². The Kier molecular flexibility index (Phi) is 10.9. The molecule has 0 spiro atoms. The molecule has 4 rings (SSSR count). The molecule has 2 aliphatic heterocycles. The number of rotatable bonds is 11. The third kappa shape index (κ3) is 7.90. The minimum Gasteiger partial charge on any atom is -0.372 e. The van der Waals surface area contributed by atoms with Gasteiger partial charge < -0.3 is 20.1 Å². The molecule has 2 heterocycles. The van der Waals surface area contributed by atoms with Gasteiger partial charge in [-0.25, -0.2) is 0 Å². The minimum atomic E-state index is 0.126. The number of nitrogens with one attached hydrogen (secondary N) is 2. The van der Waals surface area contributed by atoms with Gasteiger partial charge in [-0.15, -0.1) is 0 Å². The molecule has 0 aromatic heterocycles. The third-order valence-electron chi connectivity index (χ3n) is 8.42. The lowest BCUT2D eigenvalue weighted by Crippen LogP contribution is -2.49. The Morgan fingerprint density at radius 1 is 0.944 bits per heavy atom. The molecule has 0 amide bonds. The first-order chi connectivity index (χ1) is 17.5. The van der Waals surface area contributed by atoms with E-state index >= 15 is 0 Å². The van der Waals surface area contributed by atoms with Crippen molar-refractivity contribution >= 4 is 0 Å². The molecule has 1 aliphatic carbocycles. The van der Waals surface area contributed by atoms with Crippen molar-refractivity contribution < 1.29 is 9.47 Å². The Morgan fingerprint density at radius 3 is 2.44 bits per heavy atom. The van der Waals surface area contributed by atoms with Gasteiger partial charge in [-0.2, -0.15) is 0 Å². The van der Waals surface area contributed by atoms with Crippen molar-refractivity contribution in [2.24, 2.45) is 11.8 Å². The maximum absolute atomic E-state index is 6.57. The first-order valence-electron chi connectivity index (χ1n) is 15.0. The van der Waals surface area contributed by atoms with Crippen LogP contribution < -0.4 is 10.6 Å². The normalized spacial score (nSPS) is 27.6. The summed E-state index contributed by atoms with van der Waals surface area (Å²) >= 11 is 0. The third-order valence-corrected chi connectivity index (χ3v) is 8.42. The summed E-state index contributed by atoms with van der Waals surface area (Å²) in [6, 6.07) is 10.5. The van der Waals surface area contributed by atoms with E-state index in [9.17, 15) is 0 Å². The molecule has 3 aliphatic rings. The van der Waals surface area contributed by atoms with Crippen LogP contribution in [0.2, 0.25) is 0 Å². The summed E-state index contributed by atoms with van der Waals surface area (Å²) < 4.78 is 13.1. The summed E-state index contributed by atoms with van der Waals surface area (Å²) in [5.74, 6) is 1.21. The Hall–Kier alpha value is -1.20. The smallest absolute Gasteiger partial charge is 0.0977 e. The van der Waals surface area contributed by atoms with E-state index in [1.807, 2.05) is 0 Å². The summed E-state index contributed by atoms with van der Waals surface area (Å²) in [5.41, 5.74) is 3.87.